The molecule has 0 saturated carbocycles. The molecule has 0 spiro atoms. The van der Waals surface area contributed by atoms with E-state index in [9.17, 15) is 0 Å². The van der Waals surface area contributed by atoms with Crippen molar-refractivity contribution in [3.63, 3.8) is 0 Å². The van der Waals surface area contributed by atoms with Crippen molar-refractivity contribution in [2.75, 3.05) is 0 Å². The third-order valence-corrected chi connectivity index (χ3v) is 3.04. The Balaban J connectivity index is 0.000000364. The topological polar surface area (TPSA) is 0 Å². The van der Waals surface area contributed by atoms with Crippen LogP contribution < -0.4 is 0 Å². The van der Waals surface area contributed by atoms with Gasteiger partial charge in [-0.2, -0.15) is 0 Å². The standard InChI is InChI=1S/C10H16.3ClH.Rh/c1-6-7(2)9(4)10(5)8(6)3;;;;/h6H,1-5H3;3*1H;/q;;;;+3/p-3. The van der Waals surface area contributed by atoms with Gasteiger partial charge in [-0.05, 0) is 44.8 Å². The van der Waals surface area contributed by atoms with Gasteiger partial charge in [-0.15, -0.1) is 0 Å². The fourth-order valence-electron chi connectivity index (χ4n) is 1.57. The molecule has 0 heterocycles. The minimum atomic E-state index is -1.66. The molecule has 0 saturated heterocycles. The van der Waals surface area contributed by atoms with Gasteiger partial charge in [-0.3, -0.25) is 0 Å². The number of halogens is 3. The fourth-order valence-corrected chi connectivity index (χ4v) is 1.57. The molecule has 1 rings (SSSR count). The van der Waals surface area contributed by atoms with Crippen LogP contribution in [0.4, 0.5) is 0 Å². The van der Waals surface area contributed by atoms with Crippen LogP contribution in [0.3, 0.4) is 0 Å². The van der Waals surface area contributed by atoms with Crippen LogP contribution in [-0.4, -0.2) is 0 Å². The molecule has 0 nitrogen and oxygen atoms in total. The van der Waals surface area contributed by atoms with Gasteiger partial charge in [0.15, 0.2) is 0 Å². The monoisotopic (exact) mass is 344 g/mol. The van der Waals surface area contributed by atoms with E-state index in [2.05, 4.69) is 34.6 Å². The van der Waals surface area contributed by atoms with Crippen molar-refractivity contribution in [3.05, 3.63) is 22.3 Å². The maximum absolute atomic E-state index is 4.94. The number of hydrogen-bond donors (Lipinski definition) is 0. The second-order valence-electron chi connectivity index (χ2n) is 3.48. The van der Waals surface area contributed by atoms with Crippen LogP contribution in [0.1, 0.15) is 34.6 Å². The van der Waals surface area contributed by atoms with Gasteiger partial charge in [-0.25, -0.2) is 0 Å². The van der Waals surface area contributed by atoms with Crippen LogP contribution in [0.15, 0.2) is 22.3 Å². The number of allylic oxidation sites excluding steroid dienone is 4. The van der Waals surface area contributed by atoms with E-state index in [0.29, 0.717) is 5.92 Å². The Bertz CT molecular complexity index is 240. The summed E-state index contributed by atoms with van der Waals surface area (Å²) in [5.41, 5.74) is 6.11. The molecule has 0 aromatic heterocycles. The van der Waals surface area contributed by atoms with E-state index in [1.807, 2.05) is 0 Å². The molecular formula is C10H16Cl3Rh. The summed E-state index contributed by atoms with van der Waals surface area (Å²) < 4.78 is 0. The molecule has 0 aromatic rings. The second-order valence-corrected chi connectivity index (χ2v) is 10.9. The van der Waals surface area contributed by atoms with Crippen LogP contribution in [0.2, 0.25) is 0 Å². The molecule has 0 aromatic carbocycles. The molecule has 1 aliphatic carbocycles. The molecule has 0 bridgehead atoms. The maximum atomic E-state index is 4.94. The van der Waals surface area contributed by atoms with Crippen LogP contribution in [-0.2, 0) is 13.0 Å². The zero-order valence-electron chi connectivity index (χ0n) is 9.04. The molecular weight excluding hydrogens is 329 g/mol. The van der Waals surface area contributed by atoms with Crippen molar-refractivity contribution in [1.29, 1.82) is 0 Å². The van der Waals surface area contributed by atoms with E-state index in [1.165, 1.54) is 11.1 Å². The van der Waals surface area contributed by atoms with E-state index in [-0.39, 0.29) is 0 Å². The van der Waals surface area contributed by atoms with Crippen molar-refractivity contribution >= 4 is 29.1 Å². The van der Waals surface area contributed by atoms with Gasteiger partial charge in [0.2, 0.25) is 0 Å². The quantitative estimate of drug-likeness (QED) is 0.517. The van der Waals surface area contributed by atoms with E-state index >= 15 is 0 Å². The molecule has 0 N–H and O–H groups in total. The number of hydrogen-bond acceptors (Lipinski definition) is 0. The first-order chi connectivity index (χ1) is 6.29. The predicted octanol–water partition coefficient (Wildman–Crippen LogP) is 5.37. The van der Waals surface area contributed by atoms with Crippen LogP contribution in [0, 0.1) is 5.92 Å². The molecule has 0 atom stereocenters. The summed E-state index contributed by atoms with van der Waals surface area (Å²) in [6, 6.07) is 0. The molecule has 86 valence electrons. The molecule has 4 heteroatoms. The van der Waals surface area contributed by atoms with E-state index in [4.69, 9.17) is 29.1 Å². The Morgan fingerprint density at radius 3 is 1.14 bits per heavy atom. The zero-order valence-corrected chi connectivity index (χ0v) is 13.0. The summed E-state index contributed by atoms with van der Waals surface area (Å²) in [5, 5.41) is 0. The molecule has 0 unspecified atom stereocenters. The van der Waals surface area contributed by atoms with Crippen molar-refractivity contribution in [1.82, 2.24) is 0 Å². The summed E-state index contributed by atoms with van der Waals surface area (Å²) in [6.07, 6.45) is 0. The summed E-state index contributed by atoms with van der Waals surface area (Å²) >= 11 is -1.66. The Labute approximate surface area is 104 Å². The van der Waals surface area contributed by atoms with Gasteiger partial charge in [0, 0.05) is 0 Å². The predicted molar refractivity (Wildman–Crippen MR) is 63.5 cm³/mol. The van der Waals surface area contributed by atoms with Crippen LogP contribution in [0.25, 0.3) is 0 Å². The Kier molecular flexibility index (Phi) is 6.99. The minimum absolute atomic E-state index is 0.694. The fraction of sp³-hybridized carbons (Fsp3) is 0.600. The van der Waals surface area contributed by atoms with Gasteiger partial charge < -0.3 is 0 Å². The molecule has 0 fully saturated rings. The van der Waals surface area contributed by atoms with E-state index in [1.54, 1.807) is 11.1 Å². The van der Waals surface area contributed by atoms with Gasteiger partial charge in [0.25, 0.3) is 0 Å². The van der Waals surface area contributed by atoms with Crippen molar-refractivity contribution in [3.8, 4) is 0 Å². The van der Waals surface area contributed by atoms with Crippen molar-refractivity contribution in [2.45, 2.75) is 34.6 Å². The third kappa shape index (κ3) is 4.23. The SMILES string of the molecule is CC1=C(C)C(C)C(C)=C1C.[Cl][Rh]([Cl])[Cl]. The summed E-state index contributed by atoms with van der Waals surface area (Å²) in [6.45, 7) is 11.2. The molecule has 1 aliphatic rings. The van der Waals surface area contributed by atoms with Crippen LogP contribution >= 0.6 is 29.1 Å². The zero-order chi connectivity index (χ0) is 11.5. The Morgan fingerprint density at radius 1 is 0.857 bits per heavy atom. The summed E-state index contributed by atoms with van der Waals surface area (Å²) in [7, 11) is 14.8. The first kappa shape index (κ1) is 15.0. The third-order valence-electron chi connectivity index (χ3n) is 3.04. The average Bonchev–Trinajstić information content (AvgIpc) is 2.23. The molecule has 14 heavy (non-hydrogen) atoms. The first-order valence-electron chi connectivity index (χ1n) is 4.28. The van der Waals surface area contributed by atoms with Gasteiger partial charge >= 0.3 is 42.1 Å². The van der Waals surface area contributed by atoms with Crippen molar-refractivity contribution in [2.24, 2.45) is 5.92 Å². The van der Waals surface area contributed by atoms with Gasteiger partial charge in [0.05, 0.1) is 0 Å². The van der Waals surface area contributed by atoms with Crippen LogP contribution in [0.5, 0.6) is 0 Å². The van der Waals surface area contributed by atoms with Gasteiger partial charge in [-0.1, -0.05) is 18.1 Å². The Morgan fingerprint density at radius 2 is 1.07 bits per heavy atom. The summed E-state index contributed by atoms with van der Waals surface area (Å²) in [4.78, 5) is 0. The Hall–Kier alpha value is 0.973. The molecule has 0 aliphatic heterocycles. The van der Waals surface area contributed by atoms with E-state index < -0.39 is 13.0 Å². The second kappa shape index (κ2) is 6.53. The summed E-state index contributed by atoms with van der Waals surface area (Å²) in [5.74, 6) is 0.694. The van der Waals surface area contributed by atoms with Crippen molar-refractivity contribution < 1.29 is 13.0 Å². The molecule has 0 radical (unpaired) electrons. The number of rotatable bonds is 0. The van der Waals surface area contributed by atoms with Gasteiger partial charge in [0.1, 0.15) is 0 Å². The normalized spacial score (nSPS) is 18.4. The average molecular weight is 346 g/mol. The molecule has 0 amide bonds. The van der Waals surface area contributed by atoms with E-state index in [0.717, 1.165) is 0 Å². The first-order valence-corrected chi connectivity index (χ1v) is 10.6.